The Hall–Kier alpha value is -0.120. The van der Waals surface area contributed by atoms with Gasteiger partial charge in [-0.3, -0.25) is 0 Å². The summed E-state index contributed by atoms with van der Waals surface area (Å²) in [6.45, 7) is 2.27. The first-order valence-corrected chi connectivity index (χ1v) is 6.22. The van der Waals surface area contributed by atoms with E-state index in [4.69, 9.17) is 4.74 Å². The molecule has 0 amide bonds. The van der Waals surface area contributed by atoms with E-state index in [0.717, 1.165) is 13.2 Å². The molecule has 0 saturated heterocycles. The zero-order valence-corrected chi connectivity index (χ0v) is 9.87. The Morgan fingerprint density at radius 2 is 1.93 bits per heavy atom. The molecule has 1 atom stereocenters. The SMILES string of the molecule is COCCNCC(O)C1CCCCCC1. The first-order chi connectivity index (χ1) is 7.34. The average molecular weight is 215 g/mol. The van der Waals surface area contributed by atoms with Crippen molar-refractivity contribution in [3.8, 4) is 0 Å². The summed E-state index contributed by atoms with van der Waals surface area (Å²) in [6.07, 6.45) is 7.51. The van der Waals surface area contributed by atoms with Crippen molar-refractivity contribution in [2.45, 2.75) is 44.6 Å². The molecule has 0 spiro atoms. The van der Waals surface area contributed by atoms with Crippen LogP contribution >= 0.6 is 0 Å². The van der Waals surface area contributed by atoms with Crippen molar-refractivity contribution < 1.29 is 9.84 Å². The van der Waals surface area contributed by atoms with Crippen LogP contribution in [-0.2, 0) is 4.74 Å². The van der Waals surface area contributed by atoms with Crippen LogP contribution in [0.25, 0.3) is 0 Å². The molecule has 0 radical (unpaired) electrons. The topological polar surface area (TPSA) is 41.5 Å². The minimum absolute atomic E-state index is 0.167. The molecular weight excluding hydrogens is 190 g/mol. The van der Waals surface area contributed by atoms with Crippen molar-refractivity contribution in [3.63, 3.8) is 0 Å². The molecule has 1 rings (SSSR count). The van der Waals surface area contributed by atoms with Gasteiger partial charge in [-0.2, -0.15) is 0 Å². The third kappa shape index (κ3) is 5.50. The average Bonchev–Trinajstić information content (AvgIpc) is 2.52. The molecule has 0 heterocycles. The zero-order chi connectivity index (χ0) is 10.9. The van der Waals surface area contributed by atoms with E-state index in [1.165, 1.54) is 38.5 Å². The van der Waals surface area contributed by atoms with Gasteiger partial charge in [0.2, 0.25) is 0 Å². The van der Waals surface area contributed by atoms with Crippen molar-refractivity contribution >= 4 is 0 Å². The molecule has 0 aromatic heterocycles. The highest BCUT2D eigenvalue weighted by molar-refractivity contribution is 4.73. The number of methoxy groups -OCH3 is 1. The maximum atomic E-state index is 9.99. The number of ether oxygens (including phenoxy) is 1. The van der Waals surface area contributed by atoms with Gasteiger partial charge in [0.25, 0.3) is 0 Å². The lowest BCUT2D eigenvalue weighted by Gasteiger charge is -2.21. The maximum absolute atomic E-state index is 9.99. The molecule has 3 nitrogen and oxygen atoms in total. The molecule has 1 fully saturated rings. The highest BCUT2D eigenvalue weighted by atomic mass is 16.5. The lowest BCUT2D eigenvalue weighted by atomic mass is 9.94. The first kappa shape index (κ1) is 12.9. The van der Waals surface area contributed by atoms with Gasteiger partial charge in [0.15, 0.2) is 0 Å². The van der Waals surface area contributed by atoms with Gasteiger partial charge in [-0.15, -0.1) is 0 Å². The number of hydrogen-bond donors (Lipinski definition) is 2. The predicted molar refractivity (Wildman–Crippen MR) is 61.9 cm³/mol. The molecule has 0 aliphatic heterocycles. The van der Waals surface area contributed by atoms with Crippen LogP contribution in [-0.4, -0.2) is 38.0 Å². The quantitative estimate of drug-likeness (QED) is 0.522. The molecular formula is C12H25NO2. The fourth-order valence-electron chi connectivity index (χ4n) is 2.29. The van der Waals surface area contributed by atoms with Gasteiger partial charge >= 0.3 is 0 Å². The lowest BCUT2D eigenvalue weighted by molar-refractivity contribution is 0.0944. The molecule has 1 aliphatic rings. The fourth-order valence-corrected chi connectivity index (χ4v) is 2.29. The highest BCUT2D eigenvalue weighted by Gasteiger charge is 2.19. The van der Waals surface area contributed by atoms with Crippen molar-refractivity contribution in [1.82, 2.24) is 5.32 Å². The van der Waals surface area contributed by atoms with Gasteiger partial charge in [-0.25, -0.2) is 0 Å². The molecule has 0 aromatic carbocycles. The number of nitrogens with one attached hydrogen (secondary N) is 1. The Balaban J connectivity index is 2.11. The normalized spacial score (nSPS) is 21.2. The summed E-state index contributed by atoms with van der Waals surface area (Å²) < 4.78 is 4.94. The lowest BCUT2D eigenvalue weighted by Crippen LogP contribution is -2.34. The van der Waals surface area contributed by atoms with E-state index >= 15 is 0 Å². The van der Waals surface area contributed by atoms with Crippen molar-refractivity contribution in [2.24, 2.45) is 5.92 Å². The van der Waals surface area contributed by atoms with E-state index in [0.29, 0.717) is 12.5 Å². The third-order valence-electron chi connectivity index (χ3n) is 3.28. The predicted octanol–water partition coefficient (Wildman–Crippen LogP) is 1.55. The molecule has 0 bridgehead atoms. The third-order valence-corrected chi connectivity index (χ3v) is 3.28. The fraction of sp³-hybridized carbons (Fsp3) is 1.00. The van der Waals surface area contributed by atoms with E-state index < -0.39 is 0 Å². The summed E-state index contributed by atoms with van der Waals surface area (Å²) in [5, 5.41) is 13.2. The minimum atomic E-state index is -0.167. The van der Waals surface area contributed by atoms with Gasteiger partial charge in [0, 0.05) is 20.2 Å². The van der Waals surface area contributed by atoms with E-state index in [1.807, 2.05) is 0 Å². The van der Waals surface area contributed by atoms with Crippen LogP contribution in [0.3, 0.4) is 0 Å². The molecule has 1 saturated carbocycles. The Kier molecular flexibility index (Phi) is 6.98. The van der Waals surface area contributed by atoms with Crippen LogP contribution < -0.4 is 5.32 Å². The molecule has 15 heavy (non-hydrogen) atoms. The van der Waals surface area contributed by atoms with Crippen molar-refractivity contribution in [3.05, 3.63) is 0 Å². The van der Waals surface area contributed by atoms with Crippen molar-refractivity contribution in [2.75, 3.05) is 26.8 Å². The van der Waals surface area contributed by atoms with Crippen LogP contribution in [0, 0.1) is 5.92 Å². The molecule has 2 N–H and O–H groups in total. The van der Waals surface area contributed by atoms with Gasteiger partial charge in [-0.1, -0.05) is 25.7 Å². The summed E-state index contributed by atoms with van der Waals surface area (Å²) in [5.41, 5.74) is 0. The summed E-state index contributed by atoms with van der Waals surface area (Å²) in [4.78, 5) is 0. The Bertz CT molecular complexity index is 145. The summed E-state index contributed by atoms with van der Waals surface area (Å²) in [5.74, 6) is 0.516. The largest absolute Gasteiger partial charge is 0.392 e. The van der Waals surface area contributed by atoms with E-state index in [1.54, 1.807) is 7.11 Å². The molecule has 3 heteroatoms. The van der Waals surface area contributed by atoms with Gasteiger partial charge < -0.3 is 15.2 Å². The van der Waals surface area contributed by atoms with Crippen LogP contribution in [0.5, 0.6) is 0 Å². The van der Waals surface area contributed by atoms with E-state index in [2.05, 4.69) is 5.32 Å². The summed E-state index contributed by atoms with van der Waals surface area (Å²) in [7, 11) is 1.70. The second-order valence-electron chi connectivity index (χ2n) is 4.52. The Labute approximate surface area is 93.2 Å². The van der Waals surface area contributed by atoms with Crippen LogP contribution in [0.1, 0.15) is 38.5 Å². The standard InChI is InChI=1S/C12H25NO2/c1-15-9-8-13-10-12(14)11-6-4-2-3-5-7-11/h11-14H,2-10H2,1H3. The highest BCUT2D eigenvalue weighted by Crippen LogP contribution is 2.25. The smallest absolute Gasteiger partial charge is 0.0692 e. The van der Waals surface area contributed by atoms with Crippen LogP contribution in [0.15, 0.2) is 0 Å². The molecule has 90 valence electrons. The molecule has 1 unspecified atom stereocenters. The number of hydrogen-bond acceptors (Lipinski definition) is 3. The molecule has 0 aromatic rings. The van der Waals surface area contributed by atoms with E-state index in [9.17, 15) is 5.11 Å². The number of rotatable bonds is 6. The Morgan fingerprint density at radius 3 is 2.53 bits per heavy atom. The summed E-state index contributed by atoms with van der Waals surface area (Å²) >= 11 is 0. The number of aliphatic hydroxyl groups is 1. The van der Waals surface area contributed by atoms with Gasteiger partial charge in [-0.05, 0) is 18.8 Å². The first-order valence-electron chi connectivity index (χ1n) is 6.22. The molecule has 1 aliphatic carbocycles. The van der Waals surface area contributed by atoms with Gasteiger partial charge in [0.1, 0.15) is 0 Å². The zero-order valence-electron chi connectivity index (χ0n) is 9.87. The van der Waals surface area contributed by atoms with Gasteiger partial charge in [0.05, 0.1) is 12.7 Å². The van der Waals surface area contributed by atoms with E-state index in [-0.39, 0.29) is 6.10 Å². The number of aliphatic hydroxyl groups excluding tert-OH is 1. The summed E-state index contributed by atoms with van der Waals surface area (Å²) in [6, 6.07) is 0. The second-order valence-corrected chi connectivity index (χ2v) is 4.52. The maximum Gasteiger partial charge on any atom is 0.0692 e. The second kappa shape index (κ2) is 8.08. The monoisotopic (exact) mass is 215 g/mol. The van der Waals surface area contributed by atoms with Crippen molar-refractivity contribution in [1.29, 1.82) is 0 Å². The minimum Gasteiger partial charge on any atom is -0.392 e. The Morgan fingerprint density at radius 1 is 1.27 bits per heavy atom. The van der Waals surface area contributed by atoms with Crippen LogP contribution in [0.4, 0.5) is 0 Å². The van der Waals surface area contributed by atoms with Crippen LogP contribution in [0.2, 0.25) is 0 Å².